The van der Waals surface area contributed by atoms with E-state index < -0.39 is 21.8 Å². The summed E-state index contributed by atoms with van der Waals surface area (Å²) in [4.78, 5) is 11.5. The summed E-state index contributed by atoms with van der Waals surface area (Å²) in [6, 6.07) is 10.2. The number of ether oxygens (including phenoxy) is 1. The monoisotopic (exact) mass is 337 g/mol. The molecule has 0 bridgehead atoms. The lowest BCUT2D eigenvalue weighted by atomic mass is 10.1. The van der Waals surface area contributed by atoms with Crippen molar-refractivity contribution in [2.24, 2.45) is 0 Å². The zero-order valence-corrected chi connectivity index (χ0v) is 13.5. The van der Waals surface area contributed by atoms with Gasteiger partial charge in [0.25, 0.3) is 0 Å². The van der Waals surface area contributed by atoms with Gasteiger partial charge in [-0.25, -0.2) is 22.3 Å². The Morgan fingerprint density at radius 3 is 2.57 bits per heavy atom. The van der Waals surface area contributed by atoms with Crippen LogP contribution >= 0.6 is 0 Å². The Bertz CT molecular complexity index is 834. The number of nitrogens with one attached hydrogen (secondary N) is 1. The molecule has 0 aromatic heterocycles. The van der Waals surface area contributed by atoms with Gasteiger partial charge in [-0.3, -0.25) is 0 Å². The Kier molecular flexibility index (Phi) is 5.12. The molecule has 23 heavy (non-hydrogen) atoms. The average molecular weight is 337 g/mol. The van der Waals surface area contributed by atoms with Crippen LogP contribution in [0.25, 0.3) is 0 Å². The Hall–Kier alpha value is -2.25. The number of rotatable bonds is 5. The first kappa shape index (κ1) is 17.1. The van der Waals surface area contributed by atoms with Crippen molar-refractivity contribution < 1.29 is 22.3 Å². The van der Waals surface area contributed by atoms with E-state index in [-0.39, 0.29) is 17.0 Å². The van der Waals surface area contributed by atoms with Crippen LogP contribution in [0.5, 0.6) is 0 Å². The Morgan fingerprint density at radius 2 is 1.91 bits per heavy atom. The van der Waals surface area contributed by atoms with Gasteiger partial charge in [-0.1, -0.05) is 24.3 Å². The van der Waals surface area contributed by atoms with Crippen molar-refractivity contribution in [2.75, 3.05) is 7.11 Å². The zero-order chi connectivity index (χ0) is 17.0. The first-order valence-electron chi connectivity index (χ1n) is 6.77. The van der Waals surface area contributed by atoms with Gasteiger partial charge in [0.2, 0.25) is 10.0 Å². The molecule has 0 heterocycles. The van der Waals surface area contributed by atoms with Crippen LogP contribution in [-0.2, 0) is 21.3 Å². The van der Waals surface area contributed by atoms with Crippen molar-refractivity contribution in [1.29, 1.82) is 0 Å². The van der Waals surface area contributed by atoms with Gasteiger partial charge in [0.15, 0.2) is 0 Å². The lowest BCUT2D eigenvalue weighted by molar-refractivity contribution is 0.0596. The number of hydrogen-bond donors (Lipinski definition) is 1. The van der Waals surface area contributed by atoms with Gasteiger partial charge in [-0.05, 0) is 36.2 Å². The first-order chi connectivity index (χ1) is 10.8. The summed E-state index contributed by atoms with van der Waals surface area (Å²) in [5.74, 6) is -1.15. The maximum Gasteiger partial charge on any atom is 0.339 e. The molecule has 122 valence electrons. The minimum atomic E-state index is -3.94. The maximum absolute atomic E-state index is 13.5. The van der Waals surface area contributed by atoms with Gasteiger partial charge in [-0.15, -0.1) is 0 Å². The molecule has 0 amide bonds. The van der Waals surface area contributed by atoms with E-state index in [0.717, 1.165) is 0 Å². The van der Waals surface area contributed by atoms with Crippen molar-refractivity contribution in [2.45, 2.75) is 18.4 Å². The van der Waals surface area contributed by atoms with Gasteiger partial charge in [0, 0.05) is 6.54 Å². The maximum atomic E-state index is 13.5. The summed E-state index contributed by atoms with van der Waals surface area (Å²) in [6.45, 7) is 1.53. The highest BCUT2D eigenvalue weighted by molar-refractivity contribution is 7.89. The number of esters is 1. The van der Waals surface area contributed by atoms with Gasteiger partial charge >= 0.3 is 5.97 Å². The summed E-state index contributed by atoms with van der Waals surface area (Å²) in [5.41, 5.74) is 0.900. The van der Waals surface area contributed by atoms with Gasteiger partial charge < -0.3 is 4.74 Å². The molecule has 0 spiro atoms. The molecule has 0 aliphatic carbocycles. The van der Waals surface area contributed by atoms with E-state index in [4.69, 9.17) is 0 Å². The molecule has 0 unspecified atom stereocenters. The molecule has 1 N–H and O–H groups in total. The van der Waals surface area contributed by atoms with Gasteiger partial charge in [0.1, 0.15) is 5.82 Å². The molecule has 0 fully saturated rings. The first-order valence-corrected chi connectivity index (χ1v) is 8.25. The molecule has 0 saturated carbocycles. The topological polar surface area (TPSA) is 72.5 Å². The third-order valence-corrected chi connectivity index (χ3v) is 4.74. The molecular formula is C16H16FNO4S. The quantitative estimate of drug-likeness (QED) is 0.851. The third kappa shape index (κ3) is 3.94. The van der Waals surface area contributed by atoms with Crippen LogP contribution in [0.1, 0.15) is 21.5 Å². The molecule has 0 aliphatic rings. The van der Waals surface area contributed by atoms with Crippen molar-refractivity contribution in [3.8, 4) is 0 Å². The van der Waals surface area contributed by atoms with E-state index >= 15 is 0 Å². The second-order valence-corrected chi connectivity index (χ2v) is 6.63. The predicted molar refractivity (Wildman–Crippen MR) is 82.9 cm³/mol. The van der Waals surface area contributed by atoms with Crippen LogP contribution < -0.4 is 4.72 Å². The molecule has 0 saturated heterocycles. The Morgan fingerprint density at radius 1 is 1.22 bits per heavy atom. The summed E-state index contributed by atoms with van der Waals surface area (Å²) in [5, 5.41) is 0. The predicted octanol–water partition coefficient (Wildman–Crippen LogP) is 2.40. The van der Waals surface area contributed by atoms with Crippen LogP contribution in [-0.4, -0.2) is 21.5 Å². The SMILES string of the molecule is COC(=O)c1ccccc1S(=O)(=O)NCc1ccc(C)c(F)c1. The van der Waals surface area contributed by atoms with Crippen LogP contribution in [0.15, 0.2) is 47.4 Å². The minimum Gasteiger partial charge on any atom is -0.465 e. The fourth-order valence-electron chi connectivity index (χ4n) is 1.98. The number of sulfonamides is 1. The van der Waals surface area contributed by atoms with E-state index in [1.807, 2.05) is 0 Å². The van der Waals surface area contributed by atoms with E-state index in [1.165, 1.54) is 31.4 Å². The summed E-state index contributed by atoms with van der Waals surface area (Å²) >= 11 is 0. The molecule has 0 atom stereocenters. The average Bonchev–Trinajstić information content (AvgIpc) is 2.55. The molecule has 2 rings (SSSR count). The summed E-state index contributed by atoms with van der Waals surface area (Å²) < 4.78 is 45.2. The largest absolute Gasteiger partial charge is 0.465 e. The Balaban J connectivity index is 2.26. The molecule has 7 heteroatoms. The fraction of sp³-hybridized carbons (Fsp3) is 0.188. The second-order valence-electron chi connectivity index (χ2n) is 4.90. The summed E-state index contributed by atoms with van der Waals surface area (Å²) in [6.07, 6.45) is 0. The van der Waals surface area contributed by atoms with Crippen LogP contribution in [0, 0.1) is 12.7 Å². The van der Waals surface area contributed by atoms with Crippen molar-refractivity contribution in [3.63, 3.8) is 0 Å². The number of hydrogen-bond acceptors (Lipinski definition) is 4. The highest BCUT2D eigenvalue weighted by Gasteiger charge is 2.22. The minimum absolute atomic E-state index is 0.0578. The summed E-state index contributed by atoms with van der Waals surface area (Å²) in [7, 11) is -2.77. The van der Waals surface area contributed by atoms with Gasteiger partial charge in [0.05, 0.1) is 17.6 Å². The highest BCUT2D eigenvalue weighted by Crippen LogP contribution is 2.17. The molecule has 2 aromatic carbocycles. The van der Waals surface area contributed by atoms with E-state index in [9.17, 15) is 17.6 Å². The van der Waals surface area contributed by atoms with E-state index in [1.54, 1.807) is 25.1 Å². The number of aryl methyl sites for hydroxylation is 1. The number of methoxy groups -OCH3 is 1. The lowest BCUT2D eigenvalue weighted by Crippen LogP contribution is -2.25. The molecular weight excluding hydrogens is 321 g/mol. The zero-order valence-electron chi connectivity index (χ0n) is 12.7. The van der Waals surface area contributed by atoms with Gasteiger partial charge in [-0.2, -0.15) is 0 Å². The molecule has 0 aliphatic heterocycles. The number of carbonyl (C=O) groups is 1. The molecule has 0 radical (unpaired) electrons. The fourth-order valence-corrected chi connectivity index (χ4v) is 3.19. The van der Waals surface area contributed by atoms with Crippen LogP contribution in [0.3, 0.4) is 0 Å². The van der Waals surface area contributed by atoms with Crippen molar-refractivity contribution in [1.82, 2.24) is 4.72 Å². The second kappa shape index (κ2) is 6.89. The van der Waals surface area contributed by atoms with E-state index in [0.29, 0.717) is 11.1 Å². The van der Waals surface area contributed by atoms with E-state index in [2.05, 4.69) is 9.46 Å². The van der Waals surface area contributed by atoms with Crippen LogP contribution in [0.4, 0.5) is 4.39 Å². The Labute approximate surface area is 134 Å². The molecule has 5 nitrogen and oxygen atoms in total. The molecule has 2 aromatic rings. The number of halogens is 1. The number of benzene rings is 2. The highest BCUT2D eigenvalue weighted by atomic mass is 32.2. The standard InChI is InChI=1S/C16H16FNO4S/c1-11-7-8-12(9-14(11)17)10-18-23(20,21)15-6-4-3-5-13(15)16(19)22-2/h3-9,18H,10H2,1-2H3. The van der Waals surface area contributed by atoms with Crippen molar-refractivity contribution in [3.05, 3.63) is 65.0 Å². The third-order valence-electron chi connectivity index (χ3n) is 3.28. The normalized spacial score (nSPS) is 11.3. The smallest absolute Gasteiger partial charge is 0.339 e. The van der Waals surface area contributed by atoms with Crippen molar-refractivity contribution >= 4 is 16.0 Å². The van der Waals surface area contributed by atoms with Crippen LogP contribution in [0.2, 0.25) is 0 Å². The number of carbonyl (C=O) groups excluding carboxylic acids is 1. The lowest BCUT2D eigenvalue weighted by Gasteiger charge is -2.10.